The van der Waals surface area contributed by atoms with E-state index in [1.807, 2.05) is 31.2 Å². The van der Waals surface area contributed by atoms with Gasteiger partial charge < -0.3 is 14.4 Å². The summed E-state index contributed by atoms with van der Waals surface area (Å²) in [7, 11) is 4.78. The molecule has 7 nitrogen and oxygen atoms in total. The number of carbonyl (C=O) groups excluding carboxylic acids is 1. The van der Waals surface area contributed by atoms with E-state index >= 15 is 0 Å². The molecule has 0 unspecified atom stereocenters. The number of methoxy groups -OCH3 is 2. The van der Waals surface area contributed by atoms with Crippen molar-refractivity contribution in [3.63, 3.8) is 0 Å². The van der Waals surface area contributed by atoms with Gasteiger partial charge in [0.25, 0.3) is 0 Å². The van der Waals surface area contributed by atoms with Gasteiger partial charge in [0.05, 0.1) is 25.3 Å². The van der Waals surface area contributed by atoms with Crippen LogP contribution in [0.2, 0.25) is 0 Å². The van der Waals surface area contributed by atoms with Gasteiger partial charge in [0.2, 0.25) is 5.91 Å². The normalized spacial score (nSPS) is 10.8. The molecule has 7 heteroatoms. The fourth-order valence-corrected chi connectivity index (χ4v) is 3.15. The quantitative estimate of drug-likeness (QED) is 0.670. The molecule has 0 aliphatic heterocycles. The number of carbonyl (C=O) groups is 1. The molecule has 0 N–H and O–H groups in total. The summed E-state index contributed by atoms with van der Waals surface area (Å²) in [6, 6.07) is 12.7. The van der Waals surface area contributed by atoms with Crippen LogP contribution in [0.5, 0.6) is 11.5 Å². The first-order valence-electron chi connectivity index (χ1n) is 8.68. The van der Waals surface area contributed by atoms with Crippen LogP contribution in [0.3, 0.4) is 0 Å². The number of hydrogen-bond acceptors (Lipinski definition) is 4. The molecular formula is C20H23N3O4. The lowest BCUT2D eigenvalue weighted by Crippen LogP contribution is -2.34. The first-order chi connectivity index (χ1) is 13.0. The SMILES string of the molecule is CCn1c(=O)n(CC(=O)N(C)c2ccc(OC)c(OC)c2)c2ccccc21. The van der Waals surface area contributed by atoms with Crippen molar-refractivity contribution < 1.29 is 14.3 Å². The van der Waals surface area contributed by atoms with E-state index < -0.39 is 0 Å². The van der Waals surface area contributed by atoms with Gasteiger partial charge in [-0.1, -0.05) is 12.1 Å². The highest BCUT2D eigenvalue weighted by molar-refractivity contribution is 5.94. The van der Waals surface area contributed by atoms with Gasteiger partial charge in [0.1, 0.15) is 6.54 Å². The number of ether oxygens (including phenoxy) is 2. The van der Waals surface area contributed by atoms with Crippen molar-refractivity contribution in [3.8, 4) is 11.5 Å². The van der Waals surface area contributed by atoms with Crippen molar-refractivity contribution in [2.24, 2.45) is 0 Å². The molecule has 1 heterocycles. The lowest BCUT2D eigenvalue weighted by atomic mass is 10.2. The minimum atomic E-state index is -0.205. The lowest BCUT2D eigenvalue weighted by molar-refractivity contribution is -0.118. The standard InChI is InChI=1S/C20H23N3O4/c1-5-22-15-8-6-7-9-16(15)23(20(22)25)13-19(24)21(2)14-10-11-17(26-3)18(12-14)27-4/h6-12H,5,13H2,1-4H3. The third-order valence-corrected chi connectivity index (χ3v) is 4.66. The second-order valence-electron chi connectivity index (χ2n) is 6.09. The van der Waals surface area contributed by atoms with Crippen LogP contribution in [0, 0.1) is 0 Å². The van der Waals surface area contributed by atoms with Crippen LogP contribution in [0.25, 0.3) is 11.0 Å². The summed E-state index contributed by atoms with van der Waals surface area (Å²) < 4.78 is 13.7. The van der Waals surface area contributed by atoms with Gasteiger partial charge in [-0.05, 0) is 31.2 Å². The molecule has 0 atom stereocenters. The van der Waals surface area contributed by atoms with Crippen LogP contribution < -0.4 is 20.1 Å². The highest BCUT2D eigenvalue weighted by atomic mass is 16.5. The van der Waals surface area contributed by atoms with E-state index in [1.54, 1.807) is 44.0 Å². The maximum Gasteiger partial charge on any atom is 0.329 e. The molecule has 3 aromatic rings. The Bertz CT molecular complexity index is 1040. The first-order valence-corrected chi connectivity index (χ1v) is 8.68. The monoisotopic (exact) mass is 369 g/mol. The Morgan fingerprint density at radius 2 is 1.63 bits per heavy atom. The van der Waals surface area contributed by atoms with E-state index in [1.165, 1.54) is 9.47 Å². The lowest BCUT2D eigenvalue weighted by Gasteiger charge is -2.19. The smallest absolute Gasteiger partial charge is 0.329 e. The van der Waals surface area contributed by atoms with E-state index in [4.69, 9.17) is 9.47 Å². The number of aromatic nitrogens is 2. The van der Waals surface area contributed by atoms with E-state index in [9.17, 15) is 9.59 Å². The molecule has 0 spiro atoms. The molecule has 0 bridgehead atoms. The van der Waals surface area contributed by atoms with Crippen LogP contribution in [-0.4, -0.2) is 36.3 Å². The third kappa shape index (κ3) is 3.28. The highest BCUT2D eigenvalue weighted by Crippen LogP contribution is 2.31. The van der Waals surface area contributed by atoms with Crippen molar-refractivity contribution in [2.45, 2.75) is 20.0 Å². The number of imidazole rings is 1. The topological polar surface area (TPSA) is 65.7 Å². The Labute approximate surface area is 157 Å². The Morgan fingerprint density at radius 1 is 1.00 bits per heavy atom. The number of hydrogen-bond donors (Lipinski definition) is 0. The number of fused-ring (bicyclic) bond motifs is 1. The van der Waals surface area contributed by atoms with E-state index in [0.717, 1.165) is 11.0 Å². The second-order valence-corrected chi connectivity index (χ2v) is 6.09. The van der Waals surface area contributed by atoms with Crippen molar-refractivity contribution in [1.82, 2.24) is 9.13 Å². The fraction of sp³-hybridized carbons (Fsp3) is 0.300. The molecule has 142 valence electrons. The number of rotatable bonds is 6. The van der Waals surface area contributed by atoms with Gasteiger partial charge in [0.15, 0.2) is 11.5 Å². The number of amides is 1. The summed E-state index contributed by atoms with van der Waals surface area (Å²) in [5.74, 6) is 0.919. The molecule has 0 saturated heterocycles. The van der Waals surface area contributed by atoms with Crippen LogP contribution >= 0.6 is 0 Å². The van der Waals surface area contributed by atoms with E-state index in [0.29, 0.717) is 23.7 Å². The zero-order valence-electron chi connectivity index (χ0n) is 15.9. The number of nitrogens with zero attached hydrogens (tertiary/aromatic N) is 3. The van der Waals surface area contributed by atoms with Crippen LogP contribution in [-0.2, 0) is 17.9 Å². The van der Waals surface area contributed by atoms with Gasteiger partial charge in [-0.15, -0.1) is 0 Å². The average molecular weight is 369 g/mol. The molecule has 2 aromatic carbocycles. The maximum atomic E-state index is 12.8. The summed E-state index contributed by atoms with van der Waals surface area (Å²) in [5.41, 5.74) is 2.04. The van der Waals surface area contributed by atoms with Crippen molar-refractivity contribution >= 4 is 22.6 Å². The maximum absolute atomic E-state index is 12.8. The molecule has 0 fully saturated rings. The van der Waals surface area contributed by atoms with Gasteiger partial charge in [-0.3, -0.25) is 13.9 Å². The summed E-state index contributed by atoms with van der Waals surface area (Å²) in [5, 5.41) is 0. The van der Waals surface area contributed by atoms with Gasteiger partial charge in [-0.2, -0.15) is 0 Å². The molecule has 0 saturated carbocycles. The molecule has 1 aromatic heterocycles. The van der Waals surface area contributed by atoms with Crippen molar-refractivity contribution in [2.75, 3.05) is 26.2 Å². The minimum absolute atomic E-state index is 0.0445. The van der Waals surface area contributed by atoms with Crippen molar-refractivity contribution in [1.29, 1.82) is 0 Å². The number of benzene rings is 2. The number of likely N-dealkylation sites (N-methyl/N-ethyl adjacent to an activating group) is 1. The zero-order valence-corrected chi connectivity index (χ0v) is 15.9. The third-order valence-electron chi connectivity index (χ3n) is 4.66. The Morgan fingerprint density at radius 3 is 2.22 bits per heavy atom. The minimum Gasteiger partial charge on any atom is -0.493 e. The molecule has 0 radical (unpaired) electrons. The molecule has 0 aliphatic carbocycles. The Hall–Kier alpha value is -3.22. The Balaban J connectivity index is 1.93. The van der Waals surface area contributed by atoms with E-state index in [2.05, 4.69) is 0 Å². The molecule has 27 heavy (non-hydrogen) atoms. The molecule has 1 amide bonds. The van der Waals surface area contributed by atoms with Crippen LogP contribution in [0.15, 0.2) is 47.3 Å². The van der Waals surface area contributed by atoms with Gasteiger partial charge in [0, 0.05) is 25.3 Å². The van der Waals surface area contributed by atoms with Crippen LogP contribution in [0.1, 0.15) is 6.92 Å². The average Bonchev–Trinajstić information content (AvgIpc) is 2.97. The predicted molar refractivity (Wildman–Crippen MR) is 105 cm³/mol. The molecular weight excluding hydrogens is 346 g/mol. The molecule has 3 rings (SSSR count). The van der Waals surface area contributed by atoms with Crippen molar-refractivity contribution in [3.05, 3.63) is 52.9 Å². The number of aryl methyl sites for hydroxylation is 1. The first kappa shape index (κ1) is 18.6. The molecule has 0 aliphatic rings. The zero-order chi connectivity index (χ0) is 19.6. The summed E-state index contributed by atoms with van der Waals surface area (Å²) in [4.78, 5) is 27.1. The second kappa shape index (κ2) is 7.57. The summed E-state index contributed by atoms with van der Waals surface area (Å²) in [6.07, 6.45) is 0. The van der Waals surface area contributed by atoms with Gasteiger partial charge in [-0.25, -0.2) is 4.79 Å². The largest absolute Gasteiger partial charge is 0.493 e. The number of para-hydroxylation sites is 2. The Kier molecular flexibility index (Phi) is 5.21. The fourth-order valence-electron chi connectivity index (χ4n) is 3.15. The van der Waals surface area contributed by atoms with Gasteiger partial charge >= 0.3 is 5.69 Å². The highest BCUT2D eigenvalue weighted by Gasteiger charge is 2.18. The summed E-state index contributed by atoms with van der Waals surface area (Å²) >= 11 is 0. The summed E-state index contributed by atoms with van der Waals surface area (Å²) in [6.45, 7) is 2.42. The van der Waals surface area contributed by atoms with Crippen LogP contribution in [0.4, 0.5) is 5.69 Å². The van der Waals surface area contributed by atoms with E-state index in [-0.39, 0.29) is 18.1 Å². The predicted octanol–water partition coefficient (Wildman–Crippen LogP) is 2.50. The number of anilines is 1.